The molecule has 0 atom stereocenters. The number of aromatic nitrogens is 4. The maximum atomic E-state index is 5.43. The van der Waals surface area contributed by atoms with Gasteiger partial charge in [0.05, 0.1) is 41.4 Å². The van der Waals surface area contributed by atoms with E-state index < -0.39 is 0 Å². The third kappa shape index (κ3) is 5.39. The summed E-state index contributed by atoms with van der Waals surface area (Å²) in [7, 11) is 4.08. The van der Waals surface area contributed by atoms with Crippen LogP contribution in [0.25, 0.3) is 21.8 Å². The van der Waals surface area contributed by atoms with Crippen molar-refractivity contribution in [2.75, 3.05) is 67.4 Å². The Balaban J connectivity index is 1.42. The number of morpholine rings is 1. The molecule has 0 amide bonds. The third-order valence-corrected chi connectivity index (χ3v) is 6.85. The highest BCUT2D eigenvalue weighted by atomic mass is 32.1. The Morgan fingerprint density at radius 2 is 1.92 bits per heavy atom. The van der Waals surface area contributed by atoms with E-state index in [1.165, 1.54) is 0 Å². The molecule has 36 heavy (non-hydrogen) atoms. The highest BCUT2D eigenvalue weighted by Crippen LogP contribution is 2.39. The molecule has 5 rings (SSSR count). The highest BCUT2D eigenvalue weighted by molar-refractivity contribution is 7.19. The van der Waals surface area contributed by atoms with Crippen molar-refractivity contribution in [3.05, 3.63) is 54.9 Å². The number of rotatable bonds is 8. The zero-order valence-electron chi connectivity index (χ0n) is 20.7. The molecule has 9 nitrogen and oxygen atoms in total. The average molecular weight is 503 g/mol. The molecule has 0 aliphatic carbocycles. The van der Waals surface area contributed by atoms with Gasteiger partial charge in [0.2, 0.25) is 5.95 Å². The van der Waals surface area contributed by atoms with Crippen LogP contribution in [0.1, 0.15) is 6.92 Å². The minimum Gasteiger partial charge on any atom is -0.378 e. The smallest absolute Gasteiger partial charge is 0.227 e. The molecule has 1 aromatic carbocycles. The molecule has 3 aromatic heterocycles. The maximum Gasteiger partial charge on any atom is 0.227 e. The van der Waals surface area contributed by atoms with Crippen molar-refractivity contribution in [3.63, 3.8) is 0 Å². The normalized spacial score (nSPS) is 13.5. The van der Waals surface area contributed by atoms with Crippen LogP contribution < -0.4 is 20.4 Å². The SMILES string of the molecule is CCNc1nc(-c2cccc(N(C)C)c2)c(-c2ccnc(Nc3ccc(N4CCOCC4)nc3)n2)s1. The van der Waals surface area contributed by atoms with Gasteiger partial charge in [-0.25, -0.2) is 19.9 Å². The van der Waals surface area contributed by atoms with Crippen molar-refractivity contribution >= 4 is 39.6 Å². The van der Waals surface area contributed by atoms with Crippen LogP contribution in [0.2, 0.25) is 0 Å². The Bertz CT molecular complexity index is 1300. The molecule has 1 fully saturated rings. The van der Waals surface area contributed by atoms with Crippen LogP contribution in [-0.2, 0) is 4.74 Å². The van der Waals surface area contributed by atoms with E-state index in [4.69, 9.17) is 14.7 Å². The zero-order valence-corrected chi connectivity index (χ0v) is 21.5. The first-order valence-electron chi connectivity index (χ1n) is 12.0. The average Bonchev–Trinajstić information content (AvgIpc) is 3.34. The lowest BCUT2D eigenvalue weighted by Gasteiger charge is -2.27. The number of thiazole rings is 1. The maximum absolute atomic E-state index is 5.43. The van der Waals surface area contributed by atoms with Gasteiger partial charge in [-0.05, 0) is 37.3 Å². The first-order chi connectivity index (χ1) is 17.6. The van der Waals surface area contributed by atoms with Crippen molar-refractivity contribution < 1.29 is 4.74 Å². The number of anilines is 5. The lowest BCUT2D eigenvalue weighted by atomic mass is 10.1. The molecule has 0 unspecified atom stereocenters. The molecule has 2 N–H and O–H groups in total. The summed E-state index contributed by atoms with van der Waals surface area (Å²) in [6.07, 6.45) is 3.59. The minimum atomic E-state index is 0.514. The Hall–Kier alpha value is -3.76. The minimum absolute atomic E-state index is 0.514. The topological polar surface area (TPSA) is 91.3 Å². The summed E-state index contributed by atoms with van der Waals surface area (Å²) in [6, 6.07) is 14.3. The second-order valence-electron chi connectivity index (χ2n) is 8.57. The van der Waals surface area contributed by atoms with Crippen LogP contribution in [0.4, 0.5) is 28.3 Å². The van der Waals surface area contributed by atoms with Crippen LogP contribution >= 0.6 is 11.3 Å². The van der Waals surface area contributed by atoms with Gasteiger partial charge in [0.25, 0.3) is 0 Å². The van der Waals surface area contributed by atoms with Crippen molar-refractivity contribution in [1.82, 2.24) is 19.9 Å². The molecule has 0 saturated carbocycles. The van der Waals surface area contributed by atoms with Gasteiger partial charge in [-0.1, -0.05) is 23.5 Å². The lowest BCUT2D eigenvalue weighted by molar-refractivity contribution is 0.122. The van der Waals surface area contributed by atoms with E-state index in [0.29, 0.717) is 5.95 Å². The predicted octanol–water partition coefficient (Wildman–Crippen LogP) is 4.74. The first kappa shape index (κ1) is 24.0. The fourth-order valence-corrected chi connectivity index (χ4v) is 4.99. The Morgan fingerprint density at radius 3 is 2.67 bits per heavy atom. The van der Waals surface area contributed by atoms with Gasteiger partial charge in [0, 0.05) is 51.2 Å². The van der Waals surface area contributed by atoms with Crippen molar-refractivity contribution in [2.45, 2.75) is 6.92 Å². The number of pyridine rings is 1. The third-order valence-electron chi connectivity index (χ3n) is 5.82. The lowest BCUT2D eigenvalue weighted by Crippen LogP contribution is -2.36. The van der Waals surface area contributed by atoms with Crippen LogP contribution in [0.15, 0.2) is 54.9 Å². The number of hydrogen-bond donors (Lipinski definition) is 2. The number of ether oxygens (including phenoxy) is 1. The summed E-state index contributed by atoms with van der Waals surface area (Å²) in [4.78, 5) is 24.1. The number of benzene rings is 1. The van der Waals surface area contributed by atoms with E-state index in [-0.39, 0.29) is 0 Å². The van der Waals surface area contributed by atoms with E-state index >= 15 is 0 Å². The fraction of sp³-hybridized carbons (Fsp3) is 0.308. The van der Waals surface area contributed by atoms with Crippen molar-refractivity contribution in [2.24, 2.45) is 0 Å². The van der Waals surface area contributed by atoms with E-state index in [1.54, 1.807) is 17.5 Å². The molecule has 4 heterocycles. The van der Waals surface area contributed by atoms with Crippen LogP contribution in [-0.4, -0.2) is 66.9 Å². The molecule has 186 valence electrons. The monoisotopic (exact) mass is 502 g/mol. The van der Waals surface area contributed by atoms with E-state index in [2.05, 4.69) is 61.6 Å². The van der Waals surface area contributed by atoms with Gasteiger partial charge >= 0.3 is 0 Å². The summed E-state index contributed by atoms with van der Waals surface area (Å²) in [5, 5.41) is 7.51. The molecule has 0 bridgehead atoms. The quantitative estimate of drug-likeness (QED) is 0.354. The molecule has 0 spiro atoms. The van der Waals surface area contributed by atoms with E-state index in [0.717, 1.165) is 77.0 Å². The summed E-state index contributed by atoms with van der Waals surface area (Å²) in [5.74, 6) is 1.46. The summed E-state index contributed by atoms with van der Waals surface area (Å²) in [6.45, 7) is 6.04. The molecule has 0 radical (unpaired) electrons. The number of nitrogens with one attached hydrogen (secondary N) is 2. The fourth-order valence-electron chi connectivity index (χ4n) is 3.96. The predicted molar refractivity (Wildman–Crippen MR) is 148 cm³/mol. The molecule has 4 aromatic rings. The molecule has 1 saturated heterocycles. The van der Waals surface area contributed by atoms with Gasteiger partial charge in [-0.2, -0.15) is 0 Å². The zero-order chi connectivity index (χ0) is 24.9. The summed E-state index contributed by atoms with van der Waals surface area (Å²) < 4.78 is 5.43. The summed E-state index contributed by atoms with van der Waals surface area (Å²) >= 11 is 1.60. The standard InChI is InChI=1S/C26H30N8OS/c1-4-27-26-32-23(18-6-5-7-20(16-18)33(2)3)24(36-26)21-10-11-28-25(31-21)30-19-8-9-22(29-17-19)34-12-14-35-15-13-34/h5-11,16-17H,4,12-15H2,1-3H3,(H,27,32)(H,28,30,31). The van der Waals surface area contributed by atoms with Crippen molar-refractivity contribution in [1.29, 1.82) is 0 Å². The molecule has 10 heteroatoms. The van der Waals surface area contributed by atoms with Gasteiger partial charge in [0.15, 0.2) is 5.13 Å². The number of hydrogen-bond acceptors (Lipinski definition) is 10. The van der Waals surface area contributed by atoms with Gasteiger partial charge in [-0.3, -0.25) is 0 Å². The van der Waals surface area contributed by atoms with Crippen LogP contribution in [0.5, 0.6) is 0 Å². The highest BCUT2D eigenvalue weighted by Gasteiger charge is 2.18. The van der Waals surface area contributed by atoms with E-state index in [9.17, 15) is 0 Å². The van der Waals surface area contributed by atoms with E-state index in [1.807, 2.05) is 38.5 Å². The van der Waals surface area contributed by atoms with Crippen LogP contribution in [0, 0.1) is 0 Å². The van der Waals surface area contributed by atoms with Crippen LogP contribution in [0.3, 0.4) is 0 Å². The number of nitrogens with zero attached hydrogens (tertiary/aromatic N) is 6. The van der Waals surface area contributed by atoms with Gasteiger partial charge in [-0.15, -0.1) is 0 Å². The Labute approximate surface area is 215 Å². The molecule has 1 aliphatic heterocycles. The second-order valence-corrected chi connectivity index (χ2v) is 9.57. The Morgan fingerprint density at radius 1 is 1.06 bits per heavy atom. The second kappa shape index (κ2) is 10.9. The first-order valence-corrected chi connectivity index (χ1v) is 12.8. The van der Waals surface area contributed by atoms with Crippen molar-refractivity contribution in [3.8, 4) is 21.8 Å². The Kier molecular flexibility index (Phi) is 7.24. The molecular weight excluding hydrogens is 472 g/mol. The molecular formula is C26H30N8OS. The van der Waals surface area contributed by atoms with Gasteiger partial charge < -0.3 is 25.2 Å². The summed E-state index contributed by atoms with van der Waals surface area (Å²) in [5.41, 5.74) is 4.72. The van der Waals surface area contributed by atoms with Gasteiger partial charge in [0.1, 0.15) is 5.82 Å². The largest absolute Gasteiger partial charge is 0.378 e. The molecule has 1 aliphatic rings.